The minimum absolute atomic E-state index is 0.0731. The third-order valence-corrected chi connectivity index (χ3v) is 5.32. The van der Waals surface area contributed by atoms with Gasteiger partial charge in [-0.25, -0.2) is 0 Å². The molecule has 2 aromatic carbocycles. The molecule has 0 spiro atoms. The minimum atomic E-state index is 0.0731. The molecule has 3 heteroatoms. The first-order chi connectivity index (χ1) is 9.70. The largest absolute Gasteiger partial charge is 0.323 e. The van der Waals surface area contributed by atoms with Gasteiger partial charge in [-0.15, -0.1) is 11.8 Å². The predicted molar refractivity (Wildman–Crippen MR) is 92.2 cm³/mol. The maximum atomic E-state index is 6.32. The van der Waals surface area contributed by atoms with Crippen molar-refractivity contribution in [2.24, 2.45) is 5.73 Å². The van der Waals surface area contributed by atoms with Gasteiger partial charge in [0.05, 0.1) is 0 Å². The van der Waals surface area contributed by atoms with Crippen LogP contribution >= 0.6 is 27.7 Å². The van der Waals surface area contributed by atoms with E-state index >= 15 is 0 Å². The second-order valence-electron chi connectivity index (χ2n) is 4.84. The number of benzene rings is 2. The van der Waals surface area contributed by atoms with Crippen molar-refractivity contribution in [3.05, 3.63) is 64.1 Å². The van der Waals surface area contributed by atoms with E-state index in [0.29, 0.717) is 0 Å². The average Bonchev–Trinajstić information content (AvgIpc) is 2.47. The van der Waals surface area contributed by atoms with Crippen LogP contribution in [0.3, 0.4) is 0 Å². The molecule has 1 unspecified atom stereocenters. The lowest BCUT2D eigenvalue weighted by molar-refractivity contribution is 0.823. The molecule has 0 radical (unpaired) electrons. The smallest absolute Gasteiger partial charge is 0.0390 e. The van der Waals surface area contributed by atoms with Crippen molar-refractivity contribution >= 4 is 27.7 Å². The lowest BCUT2D eigenvalue weighted by Crippen LogP contribution is -2.13. The van der Waals surface area contributed by atoms with E-state index in [4.69, 9.17) is 5.73 Å². The molecule has 0 saturated carbocycles. The summed E-state index contributed by atoms with van der Waals surface area (Å²) >= 11 is 5.37. The van der Waals surface area contributed by atoms with Crippen LogP contribution < -0.4 is 5.73 Å². The number of rotatable bonds is 6. The van der Waals surface area contributed by atoms with Crippen LogP contribution in [-0.2, 0) is 6.42 Å². The maximum Gasteiger partial charge on any atom is 0.0390 e. The second kappa shape index (κ2) is 7.87. The van der Waals surface area contributed by atoms with E-state index in [0.717, 1.165) is 16.6 Å². The zero-order chi connectivity index (χ0) is 14.4. The topological polar surface area (TPSA) is 26.0 Å². The standard InChI is InChI=1S/C17H20BrNS/c1-2-6-13-7-5-8-14(11-13)16(19)12-20-17-10-4-3-9-15(17)18/h3-5,7-11,16H,2,6,12,19H2,1H3. The summed E-state index contributed by atoms with van der Waals surface area (Å²) in [5.74, 6) is 0.887. The van der Waals surface area contributed by atoms with Crippen LogP contribution in [0.25, 0.3) is 0 Å². The Kier molecular flexibility index (Phi) is 6.14. The number of hydrogen-bond acceptors (Lipinski definition) is 2. The number of aryl methyl sites for hydroxylation is 1. The van der Waals surface area contributed by atoms with Crippen molar-refractivity contribution in [2.45, 2.75) is 30.7 Å². The highest BCUT2D eigenvalue weighted by Crippen LogP contribution is 2.29. The Hall–Kier alpha value is -0.770. The molecule has 2 N–H and O–H groups in total. The van der Waals surface area contributed by atoms with Crippen LogP contribution in [-0.4, -0.2) is 5.75 Å². The molecule has 1 atom stereocenters. The molecule has 0 amide bonds. The molecule has 0 saturated heterocycles. The van der Waals surface area contributed by atoms with Gasteiger partial charge in [0.1, 0.15) is 0 Å². The van der Waals surface area contributed by atoms with Crippen LogP contribution in [0, 0.1) is 0 Å². The van der Waals surface area contributed by atoms with Gasteiger partial charge in [-0.2, -0.15) is 0 Å². The van der Waals surface area contributed by atoms with Crippen molar-refractivity contribution in [2.75, 3.05) is 5.75 Å². The highest BCUT2D eigenvalue weighted by atomic mass is 79.9. The first-order valence-corrected chi connectivity index (χ1v) is 8.70. The van der Waals surface area contributed by atoms with Gasteiger partial charge in [-0.3, -0.25) is 0 Å². The van der Waals surface area contributed by atoms with Gasteiger partial charge in [-0.05, 0) is 45.6 Å². The molecule has 20 heavy (non-hydrogen) atoms. The molecular formula is C17H20BrNS. The van der Waals surface area contributed by atoms with E-state index in [9.17, 15) is 0 Å². The lowest BCUT2D eigenvalue weighted by atomic mass is 10.0. The van der Waals surface area contributed by atoms with E-state index < -0.39 is 0 Å². The van der Waals surface area contributed by atoms with Crippen LogP contribution in [0.4, 0.5) is 0 Å². The fourth-order valence-corrected chi connectivity index (χ4v) is 3.67. The third kappa shape index (κ3) is 4.37. The van der Waals surface area contributed by atoms with E-state index in [1.54, 1.807) is 11.8 Å². The van der Waals surface area contributed by atoms with Gasteiger partial charge in [-0.1, -0.05) is 49.7 Å². The van der Waals surface area contributed by atoms with Crippen LogP contribution in [0.2, 0.25) is 0 Å². The summed E-state index contributed by atoms with van der Waals surface area (Å²) in [6.07, 6.45) is 2.29. The molecule has 0 fully saturated rings. The Morgan fingerprint density at radius 2 is 1.95 bits per heavy atom. The molecule has 0 aromatic heterocycles. The molecule has 0 aliphatic carbocycles. The summed E-state index contributed by atoms with van der Waals surface area (Å²) in [5, 5.41) is 0. The minimum Gasteiger partial charge on any atom is -0.323 e. The number of thioether (sulfide) groups is 1. The predicted octanol–water partition coefficient (Wildman–Crippen LogP) is 5.19. The number of nitrogens with two attached hydrogens (primary N) is 1. The number of hydrogen-bond donors (Lipinski definition) is 1. The quantitative estimate of drug-likeness (QED) is 0.725. The normalized spacial score (nSPS) is 12.3. The maximum absolute atomic E-state index is 6.32. The highest BCUT2D eigenvalue weighted by Gasteiger charge is 2.08. The Bertz CT molecular complexity index is 556. The van der Waals surface area contributed by atoms with Gasteiger partial charge in [0.25, 0.3) is 0 Å². The second-order valence-corrected chi connectivity index (χ2v) is 6.76. The van der Waals surface area contributed by atoms with E-state index in [1.165, 1.54) is 22.4 Å². The van der Waals surface area contributed by atoms with Crippen LogP contribution in [0.5, 0.6) is 0 Å². The van der Waals surface area contributed by atoms with Gasteiger partial charge < -0.3 is 5.73 Å². The van der Waals surface area contributed by atoms with Crippen molar-refractivity contribution in [3.8, 4) is 0 Å². The Labute approximate surface area is 134 Å². The molecule has 106 valence electrons. The Balaban J connectivity index is 1.99. The Morgan fingerprint density at radius 3 is 2.70 bits per heavy atom. The molecule has 1 nitrogen and oxygen atoms in total. The molecule has 2 aromatic rings. The van der Waals surface area contributed by atoms with Gasteiger partial charge >= 0.3 is 0 Å². The molecule has 0 bridgehead atoms. The third-order valence-electron chi connectivity index (χ3n) is 3.17. The average molecular weight is 350 g/mol. The van der Waals surface area contributed by atoms with E-state index in [-0.39, 0.29) is 6.04 Å². The fraction of sp³-hybridized carbons (Fsp3) is 0.294. The zero-order valence-corrected chi connectivity index (χ0v) is 14.1. The fourth-order valence-electron chi connectivity index (χ4n) is 2.11. The molecule has 2 rings (SSSR count). The summed E-state index contributed by atoms with van der Waals surface area (Å²) in [7, 11) is 0. The monoisotopic (exact) mass is 349 g/mol. The summed E-state index contributed by atoms with van der Waals surface area (Å²) in [6.45, 7) is 2.20. The first kappa shape index (κ1) is 15.6. The molecule has 0 heterocycles. The molecule has 0 aliphatic heterocycles. The SMILES string of the molecule is CCCc1cccc(C(N)CSc2ccccc2Br)c1. The Morgan fingerprint density at radius 1 is 1.15 bits per heavy atom. The number of halogens is 1. The van der Waals surface area contributed by atoms with Gasteiger partial charge in [0, 0.05) is 21.2 Å². The zero-order valence-electron chi connectivity index (χ0n) is 11.7. The van der Waals surface area contributed by atoms with Crippen molar-refractivity contribution in [1.29, 1.82) is 0 Å². The summed E-state index contributed by atoms with van der Waals surface area (Å²) in [4.78, 5) is 1.24. The first-order valence-electron chi connectivity index (χ1n) is 6.92. The van der Waals surface area contributed by atoms with Crippen molar-refractivity contribution in [3.63, 3.8) is 0 Å². The molecular weight excluding hydrogens is 330 g/mol. The van der Waals surface area contributed by atoms with Crippen molar-refractivity contribution in [1.82, 2.24) is 0 Å². The summed E-state index contributed by atoms with van der Waals surface area (Å²) in [5.41, 5.74) is 8.93. The highest BCUT2D eigenvalue weighted by molar-refractivity contribution is 9.10. The molecule has 0 aliphatic rings. The van der Waals surface area contributed by atoms with Crippen LogP contribution in [0.15, 0.2) is 57.9 Å². The van der Waals surface area contributed by atoms with Crippen molar-refractivity contribution < 1.29 is 0 Å². The summed E-state index contributed by atoms with van der Waals surface area (Å²) < 4.78 is 1.14. The summed E-state index contributed by atoms with van der Waals surface area (Å²) in [6, 6.07) is 17.0. The lowest BCUT2D eigenvalue weighted by Gasteiger charge is -2.13. The van der Waals surface area contributed by atoms with E-state index in [2.05, 4.69) is 65.3 Å². The van der Waals surface area contributed by atoms with Gasteiger partial charge in [0.15, 0.2) is 0 Å². The van der Waals surface area contributed by atoms with Gasteiger partial charge in [0.2, 0.25) is 0 Å². The van der Waals surface area contributed by atoms with Crippen LogP contribution in [0.1, 0.15) is 30.5 Å². The van der Waals surface area contributed by atoms with E-state index in [1.807, 2.05) is 6.07 Å².